The van der Waals surface area contributed by atoms with Crippen LogP contribution < -0.4 is 4.74 Å². The van der Waals surface area contributed by atoms with Gasteiger partial charge in [0.1, 0.15) is 5.75 Å². The number of ether oxygens (including phenoxy) is 1. The quantitative estimate of drug-likeness (QED) is 0.626. The van der Waals surface area contributed by atoms with E-state index in [4.69, 9.17) is 4.74 Å². The van der Waals surface area contributed by atoms with E-state index in [-0.39, 0.29) is 17.7 Å². The number of carbonyl (C=O) groups excluding carboxylic acids is 3. The normalized spacial score (nSPS) is 14.8. The van der Waals surface area contributed by atoms with Gasteiger partial charge in [-0.05, 0) is 18.2 Å². The van der Waals surface area contributed by atoms with Crippen molar-refractivity contribution in [1.29, 1.82) is 0 Å². The van der Waals surface area contributed by atoms with Gasteiger partial charge in [0.25, 0.3) is 5.91 Å². The highest BCUT2D eigenvalue weighted by atomic mass is 16.5. The van der Waals surface area contributed by atoms with Gasteiger partial charge in [0.2, 0.25) is 5.91 Å². The van der Waals surface area contributed by atoms with Crippen LogP contribution in [-0.2, 0) is 9.59 Å². The molecular formula is C17H22N2O4. The number of amides is 2. The van der Waals surface area contributed by atoms with Crippen molar-refractivity contribution in [2.24, 2.45) is 5.92 Å². The molecule has 0 saturated carbocycles. The highest BCUT2D eigenvalue weighted by Crippen LogP contribution is 2.16. The largest absolute Gasteiger partial charge is 0.427 e. The lowest BCUT2D eigenvalue weighted by Gasteiger charge is -2.35. The zero-order chi connectivity index (χ0) is 17.0. The Morgan fingerprint density at radius 2 is 1.65 bits per heavy atom. The average molecular weight is 318 g/mol. The van der Waals surface area contributed by atoms with Gasteiger partial charge in [0.05, 0.1) is 0 Å². The summed E-state index contributed by atoms with van der Waals surface area (Å²) in [4.78, 5) is 39.0. The maximum absolute atomic E-state index is 12.5. The van der Waals surface area contributed by atoms with E-state index in [0.717, 1.165) is 0 Å². The molecule has 0 unspecified atom stereocenters. The first-order valence-electron chi connectivity index (χ1n) is 7.75. The van der Waals surface area contributed by atoms with Crippen molar-refractivity contribution in [2.45, 2.75) is 20.8 Å². The topological polar surface area (TPSA) is 66.9 Å². The van der Waals surface area contributed by atoms with Crippen molar-refractivity contribution in [2.75, 3.05) is 26.2 Å². The van der Waals surface area contributed by atoms with E-state index in [2.05, 4.69) is 0 Å². The molecule has 1 heterocycles. The summed E-state index contributed by atoms with van der Waals surface area (Å²) in [6, 6.07) is 6.58. The lowest BCUT2D eigenvalue weighted by atomic mass is 10.1. The zero-order valence-electron chi connectivity index (χ0n) is 13.7. The van der Waals surface area contributed by atoms with E-state index in [9.17, 15) is 14.4 Å². The Hall–Kier alpha value is -2.37. The Kier molecular flexibility index (Phi) is 5.36. The van der Waals surface area contributed by atoms with Crippen LogP contribution in [0.25, 0.3) is 0 Å². The Morgan fingerprint density at radius 3 is 2.22 bits per heavy atom. The van der Waals surface area contributed by atoms with Crippen molar-refractivity contribution < 1.29 is 19.1 Å². The van der Waals surface area contributed by atoms with Crippen molar-refractivity contribution in [3.05, 3.63) is 29.8 Å². The molecule has 1 saturated heterocycles. The second kappa shape index (κ2) is 7.26. The number of benzene rings is 1. The summed E-state index contributed by atoms with van der Waals surface area (Å²) in [7, 11) is 0. The summed E-state index contributed by atoms with van der Waals surface area (Å²) in [5.41, 5.74) is 0.479. The van der Waals surface area contributed by atoms with Crippen LogP contribution in [0.15, 0.2) is 24.3 Å². The predicted molar refractivity (Wildman–Crippen MR) is 85.1 cm³/mol. The molecule has 0 aliphatic carbocycles. The van der Waals surface area contributed by atoms with Crippen molar-refractivity contribution in [1.82, 2.24) is 9.80 Å². The molecule has 0 N–H and O–H groups in total. The minimum absolute atomic E-state index is 0.0299. The smallest absolute Gasteiger partial charge is 0.308 e. The van der Waals surface area contributed by atoms with Crippen LogP contribution in [0.2, 0.25) is 0 Å². The van der Waals surface area contributed by atoms with E-state index < -0.39 is 5.97 Å². The Balaban J connectivity index is 2.00. The predicted octanol–water partition coefficient (Wildman–Crippen LogP) is 1.55. The van der Waals surface area contributed by atoms with Gasteiger partial charge in [-0.1, -0.05) is 19.9 Å². The Morgan fingerprint density at radius 1 is 1.04 bits per heavy atom. The SMILES string of the molecule is CC(=O)Oc1cccc(C(=O)N2CCN(C(=O)C(C)C)CC2)c1. The van der Waals surface area contributed by atoms with Crippen molar-refractivity contribution in [3.63, 3.8) is 0 Å². The monoisotopic (exact) mass is 318 g/mol. The lowest BCUT2D eigenvalue weighted by molar-refractivity contribution is -0.136. The molecular weight excluding hydrogens is 296 g/mol. The van der Waals surface area contributed by atoms with Gasteiger partial charge in [-0.25, -0.2) is 0 Å². The number of hydrogen-bond acceptors (Lipinski definition) is 4. The van der Waals surface area contributed by atoms with E-state index in [1.807, 2.05) is 13.8 Å². The molecule has 0 radical (unpaired) electrons. The fourth-order valence-electron chi connectivity index (χ4n) is 2.54. The van der Waals surface area contributed by atoms with E-state index >= 15 is 0 Å². The van der Waals surface area contributed by atoms with Crippen LogP contribution in [0.5, 0.6) is 5.75 Å². The van der Waals surface area contributed by atoms with Gasteiger partial charge < -0.3 is 14.5 Å². The lowest BCUT2D eigenvalue weighted by Crippen LogP contribution is -2.51. The van der Waals surface area contributed by atoms with E-state index in [1.165, 1.54) is 6.92 Å². The van der Waals surface area contributed by atoms with Gasteiger partial charge in [-0.2, -0.15) is 0 Å². The second-order valence-electron chi connectivity index (χ2n) is 5.89. The number of carbonyl (C=O) groups is 3. The fraction of sp³-hybridized carbons (Fsp3) is 0.471. The van der Waals surface area contributed by atoms with Gasteiger partial charge >= 0.3 is 5.97 Å². The number of rotatable bonds is 3. The summed E-state index contributed by atoms with van der Waals surface area (Å²) < 4.78 is 5.00. The van der Waals surface area contributed by atoms with Gasteiger partial charge in [-0.15, -0.1) is 0 Å². The maximum Gasteiger partial charge on any atom is 0.308 e. The molecule has 0 aromatic heterocycles. The maximum atomic E-state index is 12.5. The van der Waals surface area contributed by atoms with Crippen LogP contribution in [-0.4, -0.2) is 53.8 Å². The highest BCUT2D eigenvalue weighted by Gasteiger charge is 2.26. The molecule has 124 valence electrons. The molecule has 23 heavy (non-hydrogen) atoms. The third-order valence-corrected chi connectivity index (χ3v) is 3.72. The van der Waals surface area contributed by atoms with Crippen molar-refractivity contribution >= 4 is 17.8 Å². The molecule has 0 bridgehead atoms. The van der Waals surface area contributed by atoms with Gasteiger partial charge in [0.15, 0.2) is 0 Å². The summed E-state index contributed by atoms with van der Waals surface area (Å²) in [5, 5.41) is 0. The first-order chi connectivity index (χ1) is 10.9. The molecule has 2 rings (SSSR count). The highest BCUT2D eigenvalue weighted by molar-refractivity contribution is 5.95. The standard InChI is InChI=1S/C17H22N2O4/c1-12(2)16(21)18-7-9-19(10-8-18)17(22)14-5-4-6-15(11-14)23-13(3)20/h4-6,11-12H,7-10H2,1-3H3. The molecule has 0 spiro atoms. The van der Waals surface area contributed by atoms with Crippen LogP contribution in [0.4, 0.5) is 0 Å². The van der Waals surface area contributed by atoms with Crippen LogP contribution in [0.1, 0.15) is 31.1 Å². The van der Waals surface area contributed by atoms with E-state index in [0.29, 0.717) is 37.5 Å². The fourth-order valence-corrected chi connectivity index (χ4v) is 2.54. The third kappa shape index (κ3) is 4.31. The minimum Gasteiger partial charge on any atom is -0.427 e. The number of piperazine rings is 1. The molecule has 2 amide bonds. The molecule has 1 aliphatic rings. The first kappa shape index (κ1) is 17.0. The van der Waals surface area contributed by atoms with Crippen LogP contribution >= 0.6 is 0 Å². The number of hydrogen-bond donors (Lipinski definition) is 0. The molecule has 6 heteroatoms. The molecule has 1 aromatic rings. The molecule has 6 nitrogen and oxygen atoms in total. The molecule has 1 aromatic carbocycles. The van der Waals surface area contributed by atoms with Crippen molar-refractivity contribution in [3.8, 4) is 5.75 Å². The number of esters is 1. The summed E-state index contributed by atoms with van der Waals surface area (Å²) in [6.07, 6.45) is 0. The molecule has 1 fully saturated rings. The summed E-state index contributed by atoms with van der Waals surface area (Å²) in [6.45, 7) is 7.18. The van der Waals surface area contributed by atoms with Crippen LogP contribution in [0.3, 0.4) is 0 Å². The molecule has 1 aliphatic heterocycles. The molecule has 0 atom stereocenters. The van der Waals surface area contributed by atoms with Crippen LogP contribution in [0, 0.1) is 5.92 Å². The van der Waals surface area contributed by atoms with E-state index in [1.54, 1.807) is 34.1 Å². The average Bonchev–Trinajstić information content (AvgIpc) is 2.53. The summed E-state index contributed by atoms with van der Waals surface area (Å²) in [5.74, 6) is -0.0883. The Labute approximate surface area is 136 Å². The second-order valence-corrected chi connectivity index (χ2v) is 5.89. The zero-order valence-corrected chi connectivity index (χ0v) is 13.7. The van der Waals surface area contributed by atoms with Gasteiger partial charge in [-0.3, -0.25) is 14.4 Å². The first-order valence-corrected chi connectivity index (χ1v) is 7.75. The number of nitrogens with zero attached hydrogens (tertiary/aromatic N) is 2. The van der Waals surface area contributed by atoms with Gasteiger partial charge in [0, 0.05) is 44.6 Å². The summed E-state index contributed by atoms with van der Waals surface area (Å²) >= 11 is 0. The Bertz CT molecular complexity index is 604. The minimum atomic E-state index is -0.421. The third-order valence-electron chi connectivity index (χ3n) is 3.72.